The van der Waals surface area contributed by atoms with Crippen LogP contribution < -0.4 is 10.5 Å². The summed E-state index contributed by atoms with van der Waals surface area (Å²) in [6, 6.07) is 6.24. The van der Waals surface area contributed by atoms with Gasteiger partial charge in [-0.15, -0.1) is 11.3 Å². The Kier molecular flexibility index (Phi) is 5.47. The van der Waals surface area contributed by atoms with Crippen LogP contribution in [0.2, 0.25) is 0 Å². The summed E-state index contributed by atoms with van der Waals surface area (Å²) in [7, 11) is 0. The van der Waals surface area contributed by atoms with Crippen molar-refractivity contribution in [3.63, 3.8) is 0 Å². The van der Waals surface area contributed by atoms with Crippen molar-refractivity contribution in [1.82, 2.24) is 0 Å². The predicted octanol–water partition coefficient (Wildman–Crippen LogP) is 5.29. The van der Waals surface area contributed by atoms with Gasteiger partial charge in [0.05, 0.1) is 0 Å². The highest BCUT2D eigenvalue weighted by atomic mass is 79.9. The van der Waals surface area contributed by atoms with Gasteiger partial charge in [0.15, 0.2) is 0 Å². The van der Waals surface area contributed by atoms with E-state index in [2.05, 4.69) is 67.2 Å². The minimum absolute atomic E-state index is 0.00777. The van der Waals surface area contributed by atoms with Gasteiger partial charge in [-0.05, 0) is 67.5 Å². The van der Waals surface area contributed by atoms with E-state index in [9.17, 15) is 0 Å². The Morgan fingerprint density at radius 2 is 1.81 bits per heavy atom. The second-order valence-corrected chi connectivity index (χ2v) is 7.19. The van der Waals surface area contributed by atoms with Crippen molar-refractivity contribution in [1.29, 1.82) is 0 Å². The van der Waals surface area contributed by atoms with E-state index in [1.807, 2.05) is 0 Å². The van der Waals surface area contributed by atoms with Gasteiger partial charge >= 0.3 is 0 Å². The van der Waals surface area contributed by atoms with Gasteiger partial charge in [-0.1, -0.05) is 22.9 Å². The molecule has 0 spiro atoms. The molecule has 0 bridgehead atoms. The number of rotatable bonds is 5. The highest BCUT2D eigenvalue weighted by molar-refractivity contribution is 9.10. The molecular formula is C17H22BrNOS. The lowest BCUT2D eigenvalue weighted by atomic mass is 10.0. The first-order chi connectivity index (χ1) is 9.93. The second-order valence-electron chi connectivity index (χ2n) is 5.45. The summed E-state index contributed by atoms with van der Waals surface area (Å²) < 4.78 is 7.41. The molecule has 1 heterocycles. The predicted molar refractivity (Wildman–Crippen MR) is 94.3 cm³/mol. The zero-order valence-corrected chi connectivity index (χ0v) is 15.3. The number of thiophene rings is 1. The molecule has 2 N–H and O–H groups in total. The highest BCUT2D eigenvalue weighted by Crippen LogP contribution is 2.34. The summed E-state index contributed by atoms with van der Waals surface area (Å²) in [6.45, 7) is 8.37. The van der Waals surface area contributed by atoms with Gasteiger partial charge in [0.25, 0.3) is 0 Å². The van der Waals surface area contributed by atoms with Crippen molar-refractivity contribution in [2.45, 2.75) is 46.3 Å². The lowest BCUT2D eigenvalue weighted by Gasteiger charge is -2.25. The number of hydrogen-bond donors (Lipinski definition) is 1. The van der Waals surface area contributed by atoms with E-state index in [0.717, 1.165) is 16.6 Å². The molecule has 4 heteroatoms. The van der Waals surface area contributed by atoms with E-state index in [1.165, 1.54) is 21.6 Å². The number of aryl methyl sites for hydroxylation is 3. The van der Waals surface area contributed by atoms with Gasteiger partial charge < -0.3 is 10.5 Å². The number of benzene rings is 1. The minimum atomic E-state index is -0.0880. The molecule has 0 aliphatic heterocycles. The molecule has 0 aliphatic rings. The Morgan fingerprint density at radius 1 is 1.19 bits per heavy atom. The third-order valence-corrected chi connectivity index (χ3v) is 6.02. The van der Waals surface area contributed by atoms with Crippen LogP contribution in [0, 0.1) is 20.8 Å². The Morgan fingerprint density at radius 3 is 2.29 bits per heavy atom. The van der Waals surface area contributed by atoms with E-state index in [0.29, 0.717) is 0 Å². The second kappa shape index (κ2) is 6.95. The first-order valence-corrected chi connectivity index (χ1v) is 8.84. The monoisotopic (exact) mass is 367 g/mol. The van der Waals surface area contributed by atoms with E-state index in [1.54, 1.807) is 11.3 Å². The van der Waals surface area contributed by atoms with Crippen molar-refractivity contribution in [3.8, 4) is 5.75 Å². The molecule has 21 heavy (non-hydrogen) atoms. The molecule has 2 atom stereocenters. The minimum Gasteiger partial charge on any atom is -0.483 e. The summed E-state index contributed by atoms with van der Waals surface area (Å²) in [4.78, 5) is 1.22. The summed E-state index contributed by atoms with van der Waals surface area (Å²) >= 11 is 5.31. The smallest absolute Gasteiger partial charge is 0.148 e. The zero-order chi connectivity index (χ0) is 15.6. The van der Waals surface area contributed by atoms with Gasteiger partial charge in [-0.2, -0.15) is 0 Å². The maximum atomic E-state index is 6.30. The normalized spacial score (nSPS) is 14.0. The first kappa shape index (κ1) is 16.5. The average molecular weight is 368 g/mol. The highest BCUT2D eigenvalue weighted by Gasteiger charge is 2.23. The molecule has 114 valence electrons. The van der Waals surface area contributed by atoms with Gasteiger partial charge in [0, 0.05) is 15.4 Å². The lowest BCUT2D eigenvalue weighted by Crippen LogP contribution is -2.31. The molecule has 1 aromatic heterocycles. The Balaban J connectivity index is 2.34. The van der Waals surface area contributed by atoms with Crippen LogP contribution in [0.4, 0.5) is 0 Å². The van der Waals surface area contributed by atoms with Crippen LogP contribution in [-0.2, 0) is 0 Å². The Hall–Kier alpha value is -0.840. The van der Waals surface area contributed by atoms with E-state index < -0.39 is 0 Å². The van der Waals surface area contributed by atoms with E-state index >= 15 is 0 Å². The molecule has 2 aromatic rings. The molecular weight excluding hydrogens is 346 g/mol. The van der Waals surface area contributed by atoms with Crippen molar-refractivity contribution in [2.75, 3.05) is 0 Å². The number of halogens is 1. The van der Waals surface area contributed by atoms with Gasteiger partial charge in [0.1, 0.15) is 11.9 Å². The van der Waals surface area contributed by atoms with Crippen LogP contribution in [0.1, 0.15) is 41.0 Å². The Bertz CT molecular complexity index is 600. The molecule has 2 unspecified atom stereocenters. The summed E-state index contributed by atoms with van der Waals surface area (Å²) in [5.41, 5.74) is 9.91. The summed E-state index contributed by atoms with van der Waals surface area (Å²) in [5, 5.41) is 2.10. The maximum Gasteiger partial charge on any atom is 0.148 e. The standard InChI is InChI=1S/C17H22BrNOS/c1-5-14(19)16(17-10(2)6-7-21-17)20-13-8-11(3)15(18)12(4)9-13/h6-9,14,16H,5,19H2,1-4H3. The van der Waals surface area contributed by atoms with E-state index in [-0.39, 0.29) is 12.1 Å². The molecule has 0 saturated heterocycles. The van der Waals surface area contributed by atoms with Gasteiger partial charge in [0.2, 0.25) is 0 Å². The number of ether oxygens (including phenoxy) is 1. The van der Waals surface area contributed by atoms with Crippen molar-refractivity contribution < 1.29 is 4.74 Å². The fourth-order valence-corrected chi connectivity index (χ4v) is 3.60. The van der Waals surface area contributed by atoms with Crippen molar-refractivity contribution >= 4 is 27.3 Å². The quantitative estimate of drug-likeness (QED) is 0.778. The van der Waals surface area contributed by atoms with E-state index in [4.69, 9.17) is 10.5 Å². The third kappa shape index (κ3) is 3.68. The van der Waals surface area contributed by atoms with Gasteiger partial charge in [-0.3, -0.25) is 0 Å². The van der Waals surface area contributed by atoms with Crippen LogP contribution in [0.3, 0.4) is 0 Å². The molecule has 0 amide bonds. The van der Waals surface area contributed by atoms with Crippen LogP contribution in [0.5, 0.6) is 5.75 Å². The summed E-state index contributed by atoms with van der Waals surface area (Å²) in [5.74, 6) is 0.884. The molecule has 0 saturated carbocycles. The largest absolute Gasteiger partial charge is 0.483 e. The Labute approximate surface area is 139 Å². The van der Waals surface area contributed by atoms with Crippen molar-refractivity contribution in [2.24, 2.45) is 5.73 Å². The molecule has 0 fully saturated rings. The van der Waals surface area contributed by atoms with Crippen LogP contribution in [0.25, 0.3) is 0 Å². The zero-order valence-electron chi connectivity index (χ0n) is 12.9. The van der Waals surface area contributed by atoms with Crippen LogP contribution >= 0.6 is 27.3 Å². The number of hydrogen-bond acceptors (Lipinski definition) is 3. The molecule has 0 radical (unpaired) electrons. The summed E-state index contributed by atoms with van der Waals surface area (Å²) in [6.07, 6.45) is 0.797. The lowest BCUT2D eigenvalue weighted by molar-refractivity contribution is 0.174. The molecule has 2 nitrogen and oxygen atoms in total. The number of nitrogens with two attached hydrogens (primary N) is 1. The fraction of sp³-hybridized carbons (Fsp3) is 0.412. The van der Waals surface area contributed by atoms with Crippen LogP contribution in [0.15, 0.2) is 28.1 Å². The third-order valence-electron chi connectivity index (χ3n) is 3.69. The molecule has 2 rings (SSSR count). The maximum absolute atomic E-state index is 6.30. The molecule has 0 aliphatic carbocycles. The topological polar surface area (TPSA) is 35.2 Å². The first-order valence-electron chi connectivity index (χ1n) is 7.17. The molecule has 1 aromatic carbocycles. The van der Waals surface area contributed by atoms with Crippen LogP contribution in [-0.4, -0.2) is 6.04 Å². The fourth-order valence-electron chi connectivity index (χ4n) is 2.35. The average Bonchev–Trinajstić information content (AvgIpc) is 2.87. The SMILES string of the molecule is CCC(N)C(Oc1cc(C)c(Br)c(C)c1)c1sccc1C. The van der Waals surface area contributed by atoms with Crippen molar-refractivity contribution in [3.05, 3.63) is 49.6 Å². The van der Waals surface area contributed by atoms with Gasteiger partial charge in [-0.25, -0.2) is 0 Å².